The van der Waals surface area contributed by atoms with Crippen molar-refractivity contribution in [3.63, 3.8) is 0 Å². The van der Waals surface area contributed by atoms with Crippen LogP contribution in [0.25, 0.3) is 0 Å². The predicted molar refractivity (Wildman–Crippen MR) is 82.4 cm³/mol. The van der Waals surface area contributed by atoms with Gasteiger partial charge in [-0.25, -0.2) is 0 Å². The van der Waals surface area contributed by atoms with E-state index < -0.39 is 0 Å². The summed E-state index contributed by atoms with van der Waals surface area (Å²) in [5.74, 6) is 0. The summed E-state index contributed by atoms with van der Waals surface area (Å²) in [6, 6.07) is 7.93. The highest BCUT2D eigenvalue weighted by Crippen LogP contribution is 2.28. The van der Waals surface area contributed by atoms with Crippen LogP contribution in [-0.4, -0.2) is 14.1 Å². The van der Waals surface area contributed by atoms with E-state index in [2.05, 4.69) is 5.32 Å². The number of benzene rings is 1. The number of rotatable bonds is 4. The summed E-state index contributed by atoms with van der Waals surface area (Å²) in [5.41, 5.74) is 2.02. The monoisotopic (exact) mass is 300 g/mol. The second kappa shape index (κ2) is 5.83. The van der Waals surface area contributed by atoms with Gasteiger partial charge in [0.15, 0.2) is 0 Å². The number of nitrogens with one attached hydrogen (secondary N) is 1. The van der Waals surface area contributed by atoms with Crippen LogP contribution in [0.5, 0.6) is 0 Å². The van der Waals surface area contributed by atoms with Crippen molar-refractivity contribution >= 4 is 45.9 Å². The van der Waals surface area contributed by atoms with E-state index in [1.165, 1.54) is 4.88 Å². The lowest BCUT2D eigenvalue weighted by molar-refractivity contribution is 1.13. The minimum absolute atomic E-state index is 0.745. The first kappa shape index (κ1) is 13.5. The number of hydrogen-bond donors (Lipinski definition) is 1. The summed E-state index contributed by atoms with van der Waals surface area (Å²) in [6.45, 7) is 0.759. The van der Waals surface area contributed by atoms with Gasteiger partial charge in [0, 0.05) is 36.6 Å². The molecule has 96 valence electrons. The molecule has 0 saturated carbocycles. The number of hydrogen-bond acceptors (Lipinski definition) is 3. The van der Waals surface area contributed by atoms with Crippen LogP contribution in [0, 0.1) is 0 Å². The van der Waals surface area contributed by atoms with Gasteiger partial charge in [0.2, 0.25) is 0 Å². The summed E-state index contributed by atoms with van der Waals surface area (Å²) in [6.07, 6.45) is 0. The van der Waals surface area contributed by atoms with Gasteiger partial charge in [0.25, 0.3) is 0 Å². The Morgan fingerprint density at radius 1 is 1.22 bits per heavy atom. The van der Waals surface area contributed by atoms with Crippen LogP contribution in [-0.2, 0) is 6.54 Å². The standard InChI is InChI=1S/C13H14Cl2N2S/c1-17(2)13-4-3-10(6-12(13)15)16-7-11-5-9(14)8-18-11/h3-6,8,16H,7H2,1-2H3. The fraction of sp³-hybridized carbons (Fsp3) is 0.231. The third-order valence-electron chi connectivity index (χ3n) is 2.52. The third kappa shape index (κ3) is 3.31. The minimum atomic E-state index is 0.745. The number of thiophene rings is 1. The van der Waals surface area contributed by atoms with Crippen LogP contribution >= 0.6 is 34.5 Å². The fourth-order valence-electron chi connectivity index (χ4n) is 1.62. The third-order valence-corrected chi connectivity index (χ3v) is 4.11. The molecule has 18 heavy (non-hydrogen) atoms. The molecule has 0 radical (unpaired) electrons. The molecule has 1 heterocycles. The lowest BCUT2D eigenvalue weighted by Crippen LogP contribution is -2.09. The predicted octanol–water partition coefficient (Wildman–Crippen LogP) is 4.73. The van der Waals surface area contributed by atoms with Crippen molar-refractivity contribution in [2.75, 3.05) is 24.3 Å². The van der Waals surface area contributed by atoms with Crippen molar-refractivity contribution in [2.45, 2.75) is 6.54 Å². The van der Waals surface area contributed by atoms with Crippen molar-refractivity contribution in [3.05, 3.63) is 44.6 Å². The van der Waals surface area contributed by atoms with Crippen LogP contribution < -0.4 is 10.2 Å². The number of nitrogens with zero attached hydrogens (tertiary/aromatic N) is 1. The highest BCUT2D eigenvalue weighted by molar-refractivity contribution is 7.10. The van der Waals surface area contributed by atoms with Crippen molar-refractivity contribution in [3.8, 4) is 0 Å². The maximum atomic E-state index is 6.21. The zero-order valence-electron chi connectivity index (χ0n) is 10.2. The SMILES string of the molecule is CN(C)c1ccc(NCc2cc(Cl)cs2)cc1Cl. The molecule has 1 aromatic heterocycles. The van der Waals surface area contributed by atoms with Gasteiger partial charge in [-0.15, -0.1) is 11.3 Å². The van der Waals surface area contributed by atoms with Gasteiger partial charge in [0.05, 0.1) is 15.7 Å². The molecule has 5 heteroatoms. The molecule has 2 rings (SSSR count). The van der Waals surface area contributed by atoms with E-state index in [-0.39, 0.29) is 0 Å². The van der Waals surface area contributed by atoms with E-state index in [4.69, 9.17) is 23.2 Å². The van der Waals surface area contributed by atoms with E-state index in [1.807, 2.05) is 48.6 Å². The first-order valence-electron chi connectivity index (χ1n) is 5.50. The molecule has 0 aliphatic carbocycles. The molecule has 0 fully saturated rings. The summed E-state index contributed by atoms with van der Waals surface area (Å²) in [5, 5.41) is 6.80. The first-order chi connectivity index (χ1) is 8.56. The molecule has 0 aliphatic heterocycles. The van der Waals surface area contributed by atoms with Gasteiger partial charge in [0.1, 0.15) is 0 Å². The van der Waals surface area contributed by atoms with Crippen LogP contribution in [0.2, 0.25) is 10.0 Å². The smallest absolute Gasteiger partial charge is 0.0659 e. The Morgan fingerprint density at radius 3 is 2.56 bits per heavy atom. The van der Waals surface area contributed by atoms with Crippen molar-refractivity contribution in [1.82, 2.24) is 0 Å². The van der Waals surface area contributed by atoms with Gasteiger partial charge in [-0.3, -0.25) is 0 Å². The van der Waals surface area contributed by atoms with Gasteiger partial charge in [-0.05, 0) is 24.3 Å². The van der Waals surface area contributed by atoms with Crippen molar-refractivity contribution < 1.29 is 0 Å². The van der Waals surface area contributed by atoms with Gasteiger partial charge < -0.3 is 10.2 Å². The number of halogens is 2. The van der Waals surface area contributed by atoms with Crippen LogP contribution in [0.15, 0.2) is 29.6 Å². The quantitative estimate of drug-likeness (QED) is 0.878. The van der Waals surface area contributed by atoms with Gasteiger partial charge in [-0.2, -0.15) is 0 Å². The lowest BCUT2D eigenvalue weighted by Gasteiger charge is -2.15. The fourth-order valence-corrected chi connectivity index (χ4v) is 2.98. The normalized spacial score (nSPS) is 10.4. The minimum Gasteiger partial charge on any atom is -0.380 e. The second-order valence-corrected chi connectivity index (χ2v) is 5.98. The van der Waals surface area contributed by atoms with Gasteiger partial charge >= 0.3 is 0 Å². The molecular weight excluding hydrogens is 287 g/mol. The lowest BCUT2D eigenvalue weighted by atomic mass is 10.2. The molecule has 2 aromatic rings. The van der Waals surface area contributed by atoms with Crippen molar-refractivity contribution in [1.29, 1.82) is 0 Å². The van der Waals surface area contributed by atoms with E-state index in [1.54, 1.807) is 11.3 Å². The van der Waals surface area contributed by atoms with Crippen LogP contribution in [0.3, 0.4) is 0 Å². The molecule has 0 amide bonds. The van der Waals surface area contributed by atoms with Crippen LogP contribution in [0.1, 0.15) is 4.88 Å². The molecule has 0 unspecified atom stereocenters. The highest BCUT2D eigenvalue weighted by atomic mass is 35.5. The summed E-state index contributed by atoms with van der Waals surface area (Å²) in [7, 11) is 3.95. The Bertz CT molecular complexity index is 538. The van der Waals surface area contributed by atoms with Crippen LogP contribution in [0.4, 0.5) is 11.4 Å². The molecule has 0 saturated heterocycles. The molecule has 0 bridgehead atoms. The highest BCUT2D eigenvalue weighted by Gasteiger charge is 2.04. The Hall–Kier alpha value is -0.900. The number of anilines is 2. The average molecular weight is 301 g/mol. The van der Waals surface area contributed by atoms with E-state index in [0.29, 0.717) is 0 Å². The van der Waals surface area contributed by atoms with E-state index in [0.717, 1.165) is 28.0 Å². The molecule has 1 N–H and O–H groups in total. The molecule has 0 aliphatic rings. The molecule has 2 nitrogen and oxygen atoms in total. The average Bonchev–Trinajstić information content (AvgIpc) is 2.72. The Morgan fingerprint density at radius 2 is 2.00 bits per heavy atom. The maximum absolute atomic E-state index is 6.21. The maximum Gasteiger partial charge on any atom is 0.0659 e. The second-order valence-electron chi connectivity index (χ2n) is 4.15. The summed E-state index contributed by atoms with van der Waals surface area (Å²) < 4.78 is 0. The Labute approximate surface area is 121 Å². The Kier molecular flexibility index (Phi) is 4.38. The van der Waals surface area contributed by atoms with E-state index >= 15 is 0 Å². The molecule has 0 atom stereocenters. The molecular formula is C13H14Cl2N2S. The topological polar surface area (TPSA) is 15.3 Å². The zero-order chi connectivity index (χ0) is 13.1. The zero-order valence-corrected chi connectivity index (χ0v) is 12.5. The summed E-state index contributed by atoms with van der Waals surface area (Å²) in [4.78, 5) is 3.19. The van der Waals surface area contributed by atoms with Crippen molar-refractivity contribution in [2.24, 2.45) is 0 Å². The van der Waals surface area contributed by atoms with Gasteiger partial charge in [-0.1, -0.05) is 23.2 Å². The largest absolute Gasteiger partial charge is 0.380 e. The molecule has 0 spiro atoms. The Balaban J connectivity index is 2.04. The summed E-state index contributed by atoms with van der Waals surface area (Å²) >= 11 is 13.7. The van der Waals surface area contributed by atoms with E-state index in [9.17, 15) is 0 Å². The first-order valence-corrected chi connectivity index (χ1v) is 7.13. The molecule has 1 aromatic carbocycles.